The number of benzene rings is 2. The summed E-state index contributed by atoms with van der Waals surface area (Å²) in [4.78, 5) is 12.4. The zero-order valence-electron chi connectivity index (χ0n) is 13.6. The Morgan fingerprint density at radius 1 is 1.08 bits per heavy atom. The molecule has 9 heteroatoms. The Morgan fingerprint density at radius 3 is 2.35 bits per heavy atom. The van der Waals surface area contributed by atoms with E-state index < -0.39 is 15.7 Å². The molecule has 0 radical (unpaired) electrons. The standard InChI is InChI=1S/C17H14ClN3O4S/c1-2-26(23,24)14-9-5-11(6-10-14)15(22)19-17-21-20-16(25-17)12-3-7-13(18)8-4-12/h3-10H,2H2,1H3,(H,19,21,22). The minimum absolute atomic E-state index is 0.00595. The summed E-state index contributed by atoms with van der Waals surface area (Å²) in [7, 11) is -3.31. The van der Waals surface area contributed by atoms with E-state index in [0.29, 0.717) is 10.6 Å². The SMILES string of the molecule is CCS(=O)(=O)c1ccc(C(=O)Nc2nnc(-c3ccc(Cl)cc3)o2)cc1. The van der Waals surface area contributed by atoms with Gasteiger partial charge in [0.1, 0.15) is 0 Å². The summed E-state index contributed by atoms with van der Waals surface area (Å²) < 4.78 is 29.0. The van der Waals surface area contributed by atoms with Crippen LogP contribution in [0.5, 0.6) is 0 Å². The molecular formula is C17H14ClN3O4S. The lowest BCUT2D eigenvalue weighted by Crippen LogP contribution is -2.12. The molecule has 0 fully saturated rings. The smallest absolute Gasteiger partial charge is 0.322 e. The fraction of sp³-hybridized carbons (Fsp3) is 0.118. The van der Waals surface area contributed by atoms with Gasteiger partial charge in [-0.2, -0.15) is 0 Å². The minimum Gasteiger partial charge on any atom is -0.403 e. The molecule has 0 bridgehead atoms. The first-order valence-electron chi connectivity index (χ1n) is 7.62. The van der Waals surface area contributed by atoms with Gasteiger partial charge in [0.15, 0.2) is 9.84 Å². The van der Waals surface area contributed by atoms with Crippen LogP contribution in [0.15, 0.2) is 57.8 Å². The van der Waals surface area contributed by atoms with Crippen molar-refractivity contribution < 1.29 is 17.6 Å². The molecule has 0 aliphatic carbocycles. The van der Waals surface area contributed by atoms with E-state index >= 15 is 0 Å². The van der Waals surface area contributed by atoms with Crippen LogP contribution in [-0.2, 0) is 9.84 Å². The number of aromatic nitrogens is 2. The van der Waals surface area contributed by atoms with Crippen molar-refractivity contribution >= 4 is 33.4 Å². The molecule has 1 aromatic heterocycles. The van der Waals surface area contributed by atoms with Gasteiger partial charge in [0, 0.05) is 16.1 Å². The highest BCUT2D eigenvalue weighted by molar-refractivity contribution is 7.91. The minimum atomic E-state index is -3.31. The number of carbonyl (C=O) groups excluding carboxylic acids is 1. The summed E-state index contributed by atoms with van der Waals surface area (Å²) in [6.07, 6.45) is 0. The Kier molecular flexibility index (Phi) is 5.06. The molecule has 1 heterocycles. The molecule has 0 aliphatic rings. The average molecular weight is 392 g/mol. The van der Waals surface area contributed by atoms with E-state index in [1.54, 1.807) is 31.2 Å². The lowest BCUT2D eigenvalue weighted by molar-refractivity contribution is 0.102. The molecule has 0 spiro atoms. The number of nitrogens with one attached hydrogen (secondary N) is 1. The second-order valence-electron chi connectivity index (χ2n) is 5.30. The molecule has 0 saturated heterocycles. The zero-order valence-corrected chi connectivity index (χ0v) is 15.2. The number of amides is 1. The number of sulfone groups is 1. The lowest BCUT2D eigenvalue weighted by atomic mass is 10.2. The van der Waals surface area contributed by atoms with Gasteiger partial charge in [0.2, 0.25) is 5.89 Å². The fourth-order valence-corrected chi connectivity index (χ4v) is 3.14. The van der Waals surface area contributed by atoms with E-state index in [2.05, 4.69) is 15.5 Å². The normalized spacial score (nSPS) is 11.3. The molecule has 7 nitrogen and oxygen atoms in total. The number of halogens is 1. The van der Waals surface area contributed by atoms with Crippen molar-refractivity contribution in [3.8, 4) is 11.5 Å². The van der Waals surface area contributed by atoms with Crippen molar-refractivity contribution in [2.45, 2.75) is 11.8 Å². The van der Waals surface area contributed by atoms with Crippen LogP contribution in [0, 0.1) is 0 Å². The van der Waals surface area contributed by atoms with Gasteiger partial charge in [-0.1, -0.05) is 23.6 Å². The zero-order chi connectivity index (χ0) is 18.7. The highest BCUT2D eigenvalue weighted by Gasteiger charge is 2.15. The summed E-state index contributed by atoms with van der Waals surface area (Å²) in [6.45, 7) is 1.56. The van der Waals surface area contributed by atoms with Crippen LogP contribution < -0.4 is 5.32 Å². The maximum absolute atomic E-state index is 12.2. The summed E-state index contributed by atoms with van der Waals surface area (Å²) in [6, 6.07) is 12.4. The Labute approximate surface area is 154 Å². The average Bonchev–Trinajstić information content (AvgIpc) is 3.11. The largest absolute Gasteiger partial charge is 0.403 e. The molecule has 1 amide bonds. The summed E-state index contributed by atoms with van der Waals surface area (Å²) >= 11 is 5.83. The van der Waals surface area contributed by atoms with E-state index in [1.807, 2.05) is 0 Å². The molecule has 0 atom stereocenters. The van der Waals surface area contributed by atoms with E-state index in [4.69, 9.17) is 16.0 Å². The highest BCUT2D eigenvalue weighted by Crippen LogP contribution is 2.22. The molecule has 0 aliphatic heterocycles. The van der Waals surface area contributed by atoms with Gasteiger partial charge in [-0.25, -0.2) is 8.42 Å². The van der Waals surface area contributed by atoms with Crippen molar-refractivity contribution in [3.63, 3.8) is 0 Å². The van der Waals surface area contributed by atoms with Gasteiger partial charge >= 0.3 is 6.01 Å². The van der Waals surface area contributed by atoms with Gasteiger partial charge in [0.05, 0.1) is 10.6 Å². The maximum atomic E-state index is 12.2. The Morgan fingerprint density at radius 2 is 1.73 bits per heavy atom. The number of carbonyl (C=O) groups is 1. The van der Waals surface area contributed by atoms with Crippen LogP contribution in [0.2, 0.25) is 5.02 Å². The number of nitrogens with zero attached hydrogens (tertiary/aromatic N) is 2. The topological polar surface area (TPSA) is 102 Å². The summed E-state index contributed by atoms with van der Waals surface area (Å²) in [5.41, 5.74) is 0.933. The number of hydrogen-bond acceptors (Lipinski definition) is 6. The Bertz CT molecular complexity index is 1030. The van der Waals surface area contributed by atoms with Crippen LogP contribution in [0.1, 0.15) is 17.3 Å². The monoisotopic (exact) mass is 391 g/mol. The number of anilines is 1. The van der Waals surface area contributed by atoms with Gasteiger partial charge in [-0.15, -0.1) is 5.10 Å². The number of rotatable bonds is 5. The van der Waals surface area contributed by atoms with Crippen LogP contribution in [0.4, 0.5) is 6.01 Å². The molecule has 1 N–H and O–H groups in total. The predicted molar refractivity (Wildman–Crippen MR) is 96.9 cm³/mol. The Balaban J connectivity index is 1.73. The molecule has 2 aromatic carbocycles. The van der Waals surface area contributed by atoms with Crippen LogP contribution in [0.25, 0.3) is 11.5 Å². The first-order chi connectivity index (χ1) is 12.4. The second kappa shape index (κ2) is 7.27. The van der Waals surface area contributed by atoms with Gasteiger partial charge in [0.25, 0.3) is 5.91 Å². The van der Waals surface area contributed by atoms with Gasteiger partial charge < -0.3 is 4.42 Å². The van der Waals surface area contributed by atoms with Gasteiger partial charge in [-0.3, -0.25) is 10.1 Å². The van der Waals surface area contributed by atoms with Gasteiger partial charge in [-0.05, 0) is 48.5 Å². The highest BCUT2D eigenvalue weighted by atomic mass is 35.5. The van der Waals surface area contributed by atoms with Crippen molar-refractivity contribution in [2.75, 3.05) is 11.1 Å². The third kappa shape index (κ3) is 3.92. The van der Waals surface area contributed by atoms with E-state index in [-0.39, 0.29) is 28.1 Å². The van der Waals surface area contributed by atoms with E-state index in [9.17, 15) is 13.2 Å². The molecule has 0 saturated carbocycles. The van der Waals surface area contributed by atoms with Crippen molar-refractivity contribution in [1.29, 1.82) is 0 Å². The third-order valence-corrected chi connectivity index (χ3v) is 5.59. The molecule has 26 heavy (non-hydrogen) atoms. The Hall–Kier alpha value is -2.71. The fourth-order valence-electron chi connectivity index (χ4n) is 2.13. The van der Waals surface area contributed by atoms with E-state index in [1.165, 1.54) is 24.3 Å². The second-order valence-corrected chi connectivity index (χ2v) is 8.02. The molecule has 0 unspecified atom stereocenters. The van der Waals surface area contributed by atoms with Crippen molar-refractivity contribution in [3.05, 3.63) is 59.1 Å². The quantitative estimate of drug-likeness (QED) is 0.714. The van der Waals surface area contributed by atoms with Crippen LogP contribution in [-0.4, -0.2) is 30.3 Å². The maximum Gasteiger partial charge on any atom is 0.322 e. The number of hydrogen-bond donors (Lipinski definition) is 1. The molecule has 3 aromatic rings. The van der Waals surface area contributed by atoms with E-state index in [0.717, 1.165) is 0 Å². The lowest BCUT2D eigenvalue weighted by Gasteiger charge is -2.03. The van der Waals surface area contributed by atoms with Crippen LogP contribution in [0.3, 0.4) is 0 Å². The molecular weight excluding hydrogens is 378 g/mol. The molecule has 3 rings (SSSR count). The van der Waals surface area contributed by atoms with Crippen LogP contribution >= 0.6 is 11.6 Å². The first kappa shape index (κ1) is 18.1. The van der Waals surface area contributed by atoms with Crippen molar-refractivity contribution in [1.82, 2.24) is 10.2 Å². The third-order valence-electron chi connectivity index (χ3n) is 3.59. The predicted octanol–water partition coefficient (Wildman–Crippen LogP) is 3.44. The first-order valence-corrected chi connectivity index (χ1v) is 9.65. The molecule has 134 valence electrons. The summed E-state index contributed by atoms with van der Waals surface area (Å²) in [5, 5.41) is 10.7. The van der Waals surface area contributed by atoms with Crippen molar-refractivity contribution in [2.24, 2.45) is 0 Å². The summed E-state index contributed by atoms with van der Waals surface area (Å²) in [5.74, 6) is -0.258.